The van der Waals surface area contributed by atoms with E-state index >= 15 is 0 Å². The molecule has 0 aromatic rings. The lowest BCUT2D eigenvalue weighted by Gasteiger charge is -2.40. The summed E-state index contributed by atoms with van der Waals surface area (Å²) < 4.78 is 0. The highest BCUT2D eigenvalue weighted by molar-refractivity contribution is 5.77. The van der Waals surface area contributed by atoms with Gasteiger partial charge in [0.05, 0.1) is 6.54 Å². The monoisotopic (exact) mass is 198 g/mol. The number of hydrogen-bond acceptors (Lipinski definition) is 2. The molecule has 0 heterocycles. The zero-order valence-corrected chi connectivity index (χ0v) is 9.52. The Morgan fingerprint density at radius 2 is 2.21 bits per heavy atom. The summed E-state index contributed by atoms with van der Waals surface area (Å²) in [4.78, 5) is 11.1. The minimum Gasteiger partial charge on any atom is -0.358 e. The third kappa shape index (κ3) is 2.71. The highest BCUT2D eigenvalue weighted by Crippen LogP contribution is 2.32. The largest absolute Gasteiger partial charge is 0.358 e. The molecule has 2 atom stereocenters. The standard InChI is InChI=1S/C11H22N2O/c1-9-6-4-5-7-11(9,2)13-8-10(14)12-3/h9,13H,4-8H2,1-3H3,(H,12,14). The van der Waals surface area contributed by atoms with E-state index in [1.807, 2.05) is 0 Å². The summed E-state index contributed by atoms with van der Waals surface area (Å²) in [5, 5.41) is 6.02. The van der Waals surface area contributed by atoms with Crippen LogP contribution in [0.5, 0.6) is 0 Å². The molecule has 0 bridgehead atoms. The van der Waals surface area contributed by atoms with Crippen LogP contribution in [-0.2, 0) is 4.79 Å². The smallest absolute Gasteiger partial charge is 0.233 e. The Bertz CT molecular complexity index is 205. The Kier molecular flexibility index (Phi) is 3.93. The number of amides is 1. The molecule has 0 spiro atoms. The average Bonchev–Trinajstić information content (AvgIpc) is 2.19. The quantitative estimate of drug-likeness (QED) is 0.717. The molecule has 0 aromatic heterocycles. The predicted molar refractivity (Wildman–Crippen MR) is 58.1 cm³/mol. The molecule has 2 N–H and O–H groups in total. The van der Waals surface area contributed by atoms with E-state index in [2.05, 4.69) is 24.5 Å². The van der Waals surface area contributed by atoms with E-state index < -0.39 is 0 Å². The van der Waals surface area contributed by atoms with E-state index in [9.17, 15) is 4.79 Å². The summed E-state index contributed by atoms with van der Waals surface area (Å²) >= 11 is 0. The zero-order chi connectivity index (χ0) is 10.6. The molecule has 14 heavy (non-hydrogen) atoms. The fourth-order valence-electron chi connectivity index (χ4n) is 2.14. The van der Waals surface area contributed by atoms with Crippen LogP contribution in [0.3, 0.4) is 0 Å². The number of carbonyl (C=O) groups is 1. The van der Waals surface area contributed by atoms with Gasteiger partial charge in [0.2, 0.25) is 5.91 Å². The van der Waals surface area contributed by atoms with Gasteiger partial charge < -0.3 is 10.6 Å². The summed E-state index contributed by atoms with van der Waals surface area (Å²) in [6.07, 6.45) is 5.07. The van der Waals surface area contributed by atoms with Crippen LogP contribution >= 0.6 is 0 Å². The molecule has 0 aliphatic heterocycles. The average molecular weight is 198 g/mol. The maximum Gasteiger partial charge on any atom is 0.233 e. The fraction of sp³-hybridized carbons (Fsp3) is 0.909. The van der Waals surface area contributed by atoms with Crippen molar-refractivity contribution in [2.45, 2.75) is 45.1 Å². The Hall–Kier alpha value is -0.570. The number of nitrogens with one attached hydrogen (secondary N) is 2. The van der Waals surface area contributed by atoms with Crippen LogP contribution in [0.4, 0.5) is 0 Å². The van der Waals surface area contributed by atoms with Crippen LogP contribution in [0.15, 0.2) is 0 Å². The van der Waals surface area contributed by atoms with Gasteiger partial charge in [-0.05, 0) is 25.7 Å². The lowest BCUT2D eigenvalue weighted by Crippen LogP contribution is -2.52. The maximum absolute atomic E-state index is 11.1. The SMILES string of the molecule is CNC(=O)CNC1(C)CCCCC1C. The van der Waals surface area contributed by atoms with Gasteiger partial charge in [-0.25, -0.2) is 0 Å². The molecule has 1 rings (SSSR count). The third-order valence-corrected chi connectivity index (χ3v) is 3.60. The lowest BCUT2D eigenvalue weighted by molar-refractivity contribution is -0.120. The Balaban J connectivity index is 2.43. The molecular weight excluding hydrogens is 176 g/mol. The van der Waals surface area contributed by atoms with Crippen molar-refractivity contribution in [2.24, 2.45) is 5.92 Å². The highest BCUT2D eigenvalue weighted by atomic mass is 16.1. The minimum atomic E-state index is 0.0731. The van der Waals surface area contributed by atoms with Gasteiger partial charge in [0.25, 0.3) is 0 Å². The Morgan fingerprint density at radius 1 is 1.50 bits per heavy atom. The predicted octanol–water partition coefficient (Wildman–Crippen LogP) is 1.29. The van der Waals surface area contributed by atoms with E-state index in [0.717, 1.165) is 0 Å². The van der Waals surface area contributed by atoms with Gasteiger partial charge in [-0.15, -0.1) is 0 Å². The molecule has 3 nitrogen and oxygen atoms in total. The Labute approximate surface area is 86.6 Å². The van der Waals surface area contributed by atoms with Crippen molar-refractivity contribution in [1.29, 1.82) is 0 Å². The topological polar surface area (TPSA) is 41.1 Å². The van der Waals surface area contributed by atoms with E-state index in [4.69, 9.17) is 0 Å². The molecule has 1 aliphatic carbocycles. The van der Waals surface area contributed by atoms with Gasteiger partial charge in [-0.2, -0.15) is 0 Å². The van der Waals surface area contributed by atoms with Crippen molar-refractivity contribution in [2.75, 3.05) is 13.6 Å². The lowest BCUT2D eigenvalue weighted by atomic mass is 9.75. The molecule has 1 aliphatic rings. The molecule has 0 saturated heterocycles. The van der Waals surface area contributed by atoms with Crippen LogP contribution in [0, 0.1) is 5.92 Å². The first-order chi connectivity index (χ1) is 6.58. The number of hydrogen-bond donors (Lipinski definition) is 2. The van der Waals surface area contributed by atoms with Crippen molar-refractivity contribution < 1.29 is 4.79 Å². The molecule has 1 fully saturated rings. The van der Waals surface area contributed by atoms with Crippen molar-refractivity contribution in [3.05, 3.63) is 0 Å². The number of likely N-dealkylation sites (N-methyl/N-ethyl adjacent to an activating group) is 1. The molecule has 2 unspecified atom stereocenters. The first-order valence-corrected chi connectivity index (χ1v) is 5.54. The van der Waals surface area contributed by atoms with Crippen molar-refractivity contribution in [1.82, 2.24) is 10.6 Å². The summed E-state index contributed by atoms with van der Waals surface area (Å²) in [6.45, 7) is 4.95. The molecule has 3 heteroatoms. The normalized spacial score (nSPS) is 32.6. The van der Waals surface area contributed by atoms with E-state index in [1.165, 1.54) is 25.7 Å². The van der Waals surface area contributed by atoms with Crippen LogP contribution in [0.2, 0.25) is 0 Å². The molecule has 0 aromatic carbocycles. The summed E-state index contributed by atoms with van der Waals surface area (Å²) in [6, 6.07) is 0. The van der Waals surface area contributed by atoms with E-state index in [-0.39, 0.29) is 11.4 Å². The van der Waals surface area contributed by atoms with Gasteiger partial charge in [0.1, 0.15) is 0 Å². The highest BCUT2D eigenvalue weighted by Gasteiger charge is 2.33. The number of rotatable bonds is 3. The molecule has 0 radical (unpaired) electrons. The summed E-state index contributed by atoms with van der Waals surface area (Å²) in [5.41, 5.74) is 0.157. The van der Waals surface area contributed by atoms with Gasteiger partial charge in [-0.1, -0.05) is 19.8 Å². The fourth-order valence-corrected chi connectivity index (χ4v) is 2.14. The van der Waals surface area contributed by atoms with Crippen LogP contribution < -0.4 is 10.6 Å². The van der Waals surface area contributed by atoms with Gasteiger partial charge in [0, 0.05) is 12.6 Å². The maximum atomic E-state index is 11.1. The molecule has 1 amide bonds. The van der Waals surface area contributed by atoms with E-state index in [0.29, 0.717) is 12.5 Å². The third-order valence-electron chi connectivity index (χ3n) is 3.60. The van der Waals surface area contributed by atoms with Crippen LogP contribution in [-0.4, -0.2) is 25.0 Å². The molecule has 1 saturated carbocycles. The Morgan fingerprint density at radius 3 is 2.79 bits per heavy atom. The zero-order valence-electron chi connectivity index (χ0n) is 9.52. The van der Waals surface area contributed by atoms with Crippen LogP contribution in [0.1, 0.15) is 39.5 Å². The van der Waals surface area contributed by atoms with Crippen LogP contribution in [0.25, 0.3) is 0 Å². The molecule has 82 valence electrons. The second-order valence-electron chi connectivity index (χ2n) is 4.59. The second-order valence-corrected chi connectivity index (χ2v) is 4.59. The second kappa shape index (κ2) is 4.78. The van der Waals surface area contributed by atoms with Gasteiger partial charge in [0.15, 0.2) is 0 Å². The van der Waals surface area contributed by atoms with Gasteiger partial charge >= 0.3 is 0 Å². The number of carbonyl (C=O) groups excluding carboxylic acids is 1. The summed E-state index contributed by atoms with van der Waals surface area (Å²) in [7, 11) is 1.68. The molecular formula is C11H22N2O. The van der Waals surface area contributed by atoms with Crippen molar-refractivity contribution in [3.8, 4) is 0 Å². The van der Waals surface area contributed by atoms with Crippen molar-refractivity contribution >= 4 is 5.91 Å². The summed E-state index contributed by atoms with van der Waals surface area (Å²) in [5.74, 6) is 0.741. The minimum absolute atomic E-state index is 0.0731. The van der Waals surface area contributed by atoms with E-state index in [1.54, 1.807) is 7.05 Å². The van der Waals surface area contributed by atoms with Crippen molar-refractivity contribution in [3.63, 3.8) is 0 Å². The first-order valence-electron chi connectivity index (χ1n) is 5.54. The van der Waals surface area contributed by atoms with Gasteiger partial charge in [-0.3, -0.25) is 4.79 Å². The first kappa shape index (κ1) is 11.5.